The first kappa shape index (κ1) is 14.6. The predicted molar refractivity (Wildman–Crippen MR) is 90.7 cm³/mol. The predicted octanol–water partition coefficient (Wildman–Crippen LogP) is 4.53. The van der Waals surface area contributed by atoms with Crippen LogP contribution in [0.15, 0.2) is 42.5 Å². The molecule has 0 bridgehead atoms. The van der Waals surface area contributed by atoms with Gasteiger partial charge in [0.1, 0.15) is 11.6 Å². The Morgan fingerprint density at radius 3 is 2.45 bits per heavy atom. The van der Waals surface area contributed by atoms with Crippen LogP contribution in [0, 0.1) is 6.92 Å². The molecule has 0 unspecified atom stereocenters. The minimum absolute atomic E-state index is 0.379. The van der Waals surface area contributed by atoms with Gasteiger partial charge in [0.15, 0.2) is 0 Å². The van der Waals surface area contributed by atoms with E-state index in [4.69, 9.17) is 9.72 Å². The third-order valence-corrected chi connectivity index (χ3v) is 3.96. The Balaban J connectivity index is 2.09. The summed E-state index contributed by atoms with van der Waals surface area (Å²) in [6, 6.07) is 14.8. The number of ether oxygens (including phenoxy) is 1. The van der Waals surface area contributed by atoms with E-state index in [1.807, 2.05) is 12.1 Å². The van der Waals surface area contributed by atoms with Gasteiger partial charge in [-0.05, 0) is 24.6 Å². The molecule has 0 atom stereocenters. The van der Waals surface area contributed by atoms with Crippen LogP contribution < -0.4 is 4.74 Å². The number of methoxy groups -OCH3 is 1. The molecule has 3 nitrogen and oxygen atoms in total. The van der Waals surface area contributed by atoms with E-state index >= 15 is 0 Å². The van der Waals surface area contributed by atoms with E-state index in [9.17, 15) is 0 Å². The van der Waals surface area contributed by atoms with Crippen LogP contribution in [-0.2, 0) is 6.54 Å². The van der Waals surface area contributed by atoms with Crippen LogP contribution in [0.5, 0.6) is 5.75 Å². The van der Waals surface area contributed by atoms with E-state index < -0.39 is 0 Å². The third kappa shape index (κ3) is 2.71. The topological polar surface area (TPSA) is 27.1 Å². The van der Waals surface area contributed by atoms with Crippen LogP contribution in [0.1, 0.15) is 36.7 Å². The van der Waals surface area contributed by atoms with Crippen LogP contribution in [0.3, 0.4) is 0 Å². The van der Waals surface area contributed by atoms with Crippen LogP contribution in [0.4, 0.5) is 0 Å². The van der Waals surface area contributed by atoms with Gasteiger partial charge in [0.25, 0.3) is 0 Å². The zero-order valence-electron chi connectivity index (χ0n) is 13.6. The standard InChI is InChI=1S/C19H22N2O/c1-13(2)19-20-17-11-16(22-4)9-10-18(17)21(19)12-15-7-5-14(3)6-8-15/h5-11,13H,12H2,1-4H3. The van der Waals surface area contributed by atoms with Gasteiger partial charge in [0, 0.05) is 18.5 Å². The summed E-state index contributed by atoms with van der Waals surface area (Å²) in [6.07, 6.45) is 0. The van der Waals surface area contributed by atoms with Gasteiger partial charge in [0.05, 0.1) is 18.1 Å². The lowest BCUT2D eigenvalue weighted by Crippen LogP contribution is -2.06. The van der Waals surface area contributed by atoms with Gasteiger partial charge in [-0.2, -0.15) is 0 Å². The van der Waals surface area contributed by atoms with Gasteiger partial charge >= 0.3 is 0 Å². The first-order chi connectivity index (χ1) is 10.6. The van der Waals surface area contributed by atoms with Crippen LogP contribution in [0.25, 0.3) is 11.0 Å². The molecule has 2 aromatic carbocycles. The Morgan fingerprint density at radius 1 is 1.09 bits per heavy atom. The fourth-order valence-corrected chi connectivity index (χ4v) is 2.74. The van der Waals surface area contributed by atoms with Crippen LogP contribution in [-0.4, -0.2) is 16.7 Å². The van der Waals surface area contributed by atoms with Crippen molar-refractivity contribution in [2.45, 2.75) is 33.2 Å². The Hall–Kier alpha value is -2.29. The summed E-state index contributed by atoms with van der Waals surface area (Å²) in [5, 5.41) is 0. The molecule has 0 saturated carbocycles. The van der Waals surface area contributed by atoms with Crippen molar-refractivity contribution in [1.82, 2.24) is 9.55 Å². The van der Waals surface area contributed by atoms with Gasteiger partial charge in [0.2, 0.25) is 0 Å². The van der Waals surface area contributed by atoms with Gasteiger partial charge in [-0.15, -0.1) is 0 Å². The zero-order chi connectivity index (χ0) is 15.7. The van der Waals surface area contributed by atoms with E-state index in [1.54, 1.807) is 7.11 Å². The molecule has 0 fully saturated rings. The molecule has 3 heteroatoms. The average molecular weight is 294 g/mol. The Kier molecular flexibility index (Phi) is 3.88. The highest BCUT2D eigenvalue weighted by Crippen LogP contribution is 2.26. The lowest BCUT2D eigenvalue weighted by Gasteiger charge is -2.12. The van der Waals surface area contributed by atoms with Crippen LogP contribution >= 0.6 is 0 Å². The largest absolute Gasteiger partial charge is 0.497 e. The van der Waals surface area contributed by atoms with Crippen LogP contribution in [0.2, 0.25) is 0 Å². The van der Waals surface area contributed by atoms with Crippen molar-refractivity contribution in [3.8, 4) is 5.75 Å². The van der Waals surface area contributed by atoms with Crippen molar-refractivity contribution in [2.24, 2.45) is 0 Å². The van der Waals surface area contributed by atoms with Crippen molar-refractivity contribution in [3.63, 3.8) is 0 Å². The number of nitrogens with zero attached hydrogens (tertiary/aromatic N) is 2. The summed E-state index contributed by atoms with van der Waals surface area (Å²) in [7, 11) is 1.69. The van der Waals surface area contributed by atoms with Crippen molar-refractivity contribution in [2.75, 3.05) is 7.11 Å². The van der Waals surface area contributed by atoms with Crippen molar-refractivity contribution >= 4 is 11.0 Å². The maximum absolute atomic E-state index is 5.31. The van der Waals surface area contributed by atoms with Crippen molar-refractivity contribution in [1.29, 1.82) is 0 Å². The molecule has 0 spiro atoms. The number of aryl methyl sites for hydroxylation is 1. The summed E-state index contributed by atoms with van der Waals surface area (Å²) >= 11 is 0. The minimum atomic E-state index is 0.379. The molecule has 1 heterocycles. The smallest absolute Gasteiger partial charge is 0.121 e. The number of rotatable bonds is 4. The second-order valence-corrected chi connectivity index (χ2v) is 6.05. The highest BCUT2D eigenvalue weighted by molar-refractivity contribution is 5.78. The normalized spacial score (nSPS) is 11.3. The lowest BCUT2D eigenvalue weighted by molar-refractivity contribution is 0.415. The maximum atomic E-state index is 5.31. The number of benzene rings is 2. The first-order valence-electron chi connectivity index (χ1n) is 7.68. The molecule has 0 aliphatic rings. The number of fused-ring (bicyclic) bond motifs is 1. The molecule has 0 radical (unpaired) electrons. The SMILES string of the molecule is COc1ccc2c(c1)nc(C(C)C)n2Cc1ccc(C)cc1. The van der Waals surface area contributed by atoms with E-state index in [-0.39, 0.29) is 0 Å². The summed E-state index contributed by atoms with van der Waals surface area (Å²) in [5.74, 6) is 2.34. The quantitative estimate of drug-likeness (QED) is 0.707. The fraction of sp³-hybridized carbons (Fsp3) is 0.316. The Labute approximate surface area is 131 Å². The van der Waals surface area contributed by atoms with Gasteiger partial charge in [-0.1, -0.05) is 43.7 Å². The van der Waals surface area contributed by atoms with E-state index in [0.29, 0.717) is 5.92 Å². The molecule has 0 amide bonds. The number of hydrogen-bond donors (Lipinski definition) is 0. The fourth-order valence-electron chi connectivity index (χ4n) is 2.74. The highest BCUT2D eigenvalue weighted by atomic mass is 16.5. The van der Waals surface area contributed by atoms with Gasteiger partial charge in [-0.3, -0.25) is 0 Å². The minimum Gasteiger partial charge on any atom is -0.497 e. The number of aromatic nitrogens is 2. The molecule has 1 aromatic heterocycles. The third-order valence-electron chi connectivity index (χ3n) is 3.96. The molecule has 0 aliphatic carbocycles. The summed E-state index contributed by atoms with van der Waals surface area (Å²) in [4.78, 5) is 4.82. The Bertz CT molecular complexity index is 785. The molecular weight excluding hydrogens is 272 g/mol. The second-order valence-electron chi connectivity index (χ2n) is 6.05. The first-order valence-corrected chi connectivity index (χ1v) is 7.68. The van der Waals surface area contributed by atoms with Gasteiger partial charge < -0.3 is 9.30 Å². The van der Waals surface area contributed by atoms with Gasteiger partial charge in [-0.25, -0.2) is 4.98 Å². The number of imidazole rings is 1. The van der Waals surface area contributed by atoms with E-state index in [0.717, 1.165) is 29.2 Å². The zero-order valence-corrected chi connectivity index (χ0v) is 13.6. The van der Waals surface area contributed by atoms with E-state index in [1.165, 1.54) is 11.1 Å². The summed E-state index contributed by atoms with van der Waals surface area (Å²) in [6.45, 7) is 7.33. The average Bonchev–Trinajstić information content (AvgIpc) is 2.87. The Morgan fingerprint density at radius 2 is 1.82 bits per heavy atom. The van der Waals surface area contributed by atoms with Crippen molar-refractivity contribution in [3.05, 3.63) is 59.4 Å². The second kappa shape index (κ2) is 5.84. The molecule has 3 rings (SSSR count). The molecule has 0 N–H and O–H groups in total. The molecule has 3 aromatic rings. The molecule has 0 saturated heterocycles. The summed E-state index contributed by atoms with van der Waals surface area (Å²) < 4.78 is 7.62. The maximum Gasteiger partial charge on any atom is 0.121 e. The summed E-state index contributed by atoms with van der Waals surface area (Å²) in [5.41, 5.74) is 4.73. The number of hydrogen-bond acceptors (Lipinski definition) is 2. The monoisotopic (exact) mass is 294 g/mol. The molecule has 22 heavy (non-hydrogen) atoms. The van der Waals surface area contributed by atoms with Crippen molar-refractivity contribution < 1.29 is 4.74 Å². The molecule has 0 aliphatic heterocycles. The molecular formula is C19H22N2O. The highest BCUT2D eigenvalue weighted by Gasteiger charge is 2.14. The molecule has 114 valence electrons. The lowest BCUT2D eigenvalue weighted by atomic mass is 10.1. The van der Waals surface area contributed by atoms with E-state index in [2.05, 4.69) is 55.7 Å².